The molecule has 3 rings (SSSR count). The first kappa shape index (κ1) is 21.3. The smallest absolute Gasteiger partial charge is 0.240 e. The van der Waals surface area contributed by atoms with Crippen LogP contribution in [0.3, 0.4) is 0 Å². The number of likely N-dealkylation sites (tertiary alicyclic amines) is 1. The van der Waals surface area contributed by atoms with E-state index in [1.54, 1.807) is 12.1 Å². The summed E-state index contributed by atoms with van der Waals surface area (Å²) in [7, 11) is -3.52. The maximum atomic E-state index is 12.8. The second kappa shape index (κ2) is 9.40. The van der Waals surface area contributed by atoms with Crippen molar-refractivity contribution in [3.63, 3.8) is 0 Å². The van der Waals surface area contributed by atoms with Crippen molar-refractivity contribution in [2.75, 3.05) is 13.1 Å². The van der Waals surface area contributed by atoms with Gasteiger partial charge in [0.25, 0.3) is 0 Å². The molecule has 0 spiro atoms. The van der Waals surface area contributed by atoms with Gasteiger partial charge >= 0.3 is 0 Å². The van der Waals surface area contributed by atoms with Crippen LogP contribution in [0.1, 0.15) is 76.7 Å². The maximum absolute atomic E-state index is 12.8. The molecule has 1 heterocycles. The van der Waals surface area contributed by atoms with Crippen LogP contribution in [-0.2, 0) is 14.8 Å². The molecule has 1 amide bonds. The van der Waals surface area contributed by atoms with E-state index in [-0.39, 0.29) is 11.9 Å². The highest BCUT2D eigenvalue weighted by molar-refractivity contribution is 7.89. The van der Waals surface area contributed by atoms with Crippen molar-refractivity contribution in [3.05, 3.63) is 29.8 Å². The molecule has 1 aromatic carbocycles. The molecule has 1 aromatic rings. The lowest BCUT2D eigenvalue weighted by Gasteiger charge is -2.32. The van der Waals surface area contributed by atoms with Gasteiger partial charge in [-0.25, -0.2) is 13.1 Å². The molecular weight excluding hydrogens is 372 g/mol. The molecular formula is C22H34N2O3S. The van der Waals surface area contributed by atoms with E-state index in [1.165, 1.54) is 37.7 Å². The van der Waals surface area contributed by atoms with Crippen molar-refractivity contribution in [1.82, 2.24) is 9.62 Å². The van der Waals surface area contributed by atoms with E-state index in [9.17, 15) is 13.2 Å². The van der Waals surface area contributed by atoms with Crippen LogP contribution in [0.2, 0.25) is 0 Å². The third kappa shape index (κ3) is 5.57. The molecule has 0 bridgehead atoms. The molecule has 5 nitrogen and oxygen atoms in total. The Balaban J connectivity index is 1.55. The molecule has 1 N–H and O–H groups in total. The Morgan fingerprint density at radius 2 is 1.64 bits per heavy atom. The Bertz CT molecular complexity index is 744. The van der Waals surface area contributed by atoms with E-state index in [0.717, 1.165) is 0 Å². The molecule has 0 atom stereocenters. The molecule has 2 aliphatic rings. The zero-order chi connectivity index (χ0) is 20.1. The van der Waals surface area contributed by atoms with E-state index >= 15 is 0 Å². The summed E-state index contributed by atoms with van der Waals surface area (Å²) in [4.78, 5) is 14.4. The summed E-state index contributed by atoms with van der Waals surface area (Å²) in [6, 6.07) is 7.35. The molecule has 2 fully saturated rings. The summed E-state index contributed by atoms with van der Waals surface area (Å²) in [6.45, 7) is 5.33. The highest BCUT2D eigenvalue weighted by Crippen LogP contribution is 2.33. The number of benzene rings is 1. The van der Waals surface area contributed by atoms with Crippen LogP contribution < -0.4 is 4.72 Å². The number of nitrogens with zero attached hydrogens (tertiary/aromatic N) is 1. The molecule has 1 aliphatic heterocycles. The quantitative estimate of drug-likeness (QED) is 0.775. The minimum Gasteiger partial charge on any atom is -0.343 e. The minimum absolute atomic E-state index is 0.105. The molecule has 1 aliphatic carbocycles. The highest BCUT2D eigenvalue weighted by atomic mass is 32.2. The average molecular weight is 407 g/mol. The number of nitrogens with one attached hydrogen (secondary N) is 1. The summed E-state index contributed by atoms with van der Waals surface area (Å²) in [5.41, 5.74) is 1.26. The van der Waals surface area contributed by atoms with Gasteiger partial charge in [-0.2, -0.15) is 0 Å². The lowest BCUT2D eigenvalue weighted by atomic mass is 9.84. The average Bonchev–Trinajstić information content (AvgIpc) is 2.68. The van der Waals surface area contributed by atoms with Gasteiger partial charge in [0.2, 0.25) is 15.9 Å². The zero-order valence-corrected chi connectivity index (χ0v) is 18.0. The SMILES string of the molecule is CC(C)CC(=O)N1CCC(NS(=O)(=O)c2ccc(C3CCCCC3)cc2)CC1. The number of hydrogen-bond acceptors (Lipinski definition) is 3. The number of carbonyl (C=O) groups excluding carboxylic acids is 1. The zero-order valence-electron chi connectivity index (χ0n) is 17.2. The molecule has 0 unspecified atom stereocenters. The fourth-order valence-electron chi connectivity index (χ4n) is 4.37. The van der Waals surface area contributed by atoms with Gasteiger partial charge in [-0.1, -0.05) is 45.2 Å². The van der Waals surface area contributed by atoms with Gasteiger partial charge in [0, 0.05) is 25.6 Å². The second-order valence-electron chi connectivity index (χ2n) is 8.78. The fraction of sp³-hybridized carbons (Fsp3) is 0.682. The summed E-state index contributed by atoms with van der Waals surface area (Å²) in [6.07, 6.45) is 8.16. The molecule has 1 saturated heterocycles. The molecule has 1 saturated carbocycles. The number of hydrogen-bond donors (Lipinski definition) is 1. The Morgan fingerprint density at radius 3 is 2.21 bits per heavy atom. The number of sulfonamides is 1. The van der Waals surface area contributed by atoms with E-state index in [4.69, 9.17) is 0 Å². The van der Waals surface area contributed by atoms with Crippen molar-refractivity contribution in [2.45, 2.75) is 82.1 Å². The van der Waals surface area contributed by atoms with Gasteiger partial charge < -0.3 is 4.90 Å². The lowest BCUT2D eigenvalue weighted by molar-refractivity contribution is -0.133. The normalized spacial score (nSPS) is 19.9. The van der Waals surface area contributed by atoms with Gasteiger partial charge in [-0.05, 0) is 55.2 Å². The van der Waals surface area contributed by atoms with Crippen LogP contribution in [0.5, 0.6) is 0 Å². The summed E-state index contributed by atoms with van der Waals surface area (Å²) < 4.78 is 28.4. The molecule has 0 radical (unpaired) electrons. The number of carbonyl (C=O) groups is 1. The van der Waals surface area contributed by atoms with E-state index in [2.05, 4.69) is 4.72 Å². The van der Waals surface area contributed by atoms with Gasteiger partial charge in [-0.15, -0.1) is 0 Å². The van der Waals surface area contributed by atoms with Crippen molar-refractivity contribution >= 4 is 15.9 Å². The van der Waals surface area contributed by atoms with E-state index < -0.39 is 10.0 Å². The first-order chi connectivity index (χ1) is 13.3. The Hall–Kier alpha value is -1.40. The Morgan fingerprint density at radius 1 is 1.04 bits per heavy atom. The highest BCUT2D eigenvalue weighted by Gasteiger charge is 2.27. The number of rotatable bonds is 6. The second-order valence-corrected chi connectivity index (χ2v) is 10.5. The van der Waals surface area contributed by atoms with Gasteiger partial charge in [-0.3, -0.25) is 4.79 Å². The maximum Gasteiger partial charge on any atom is 0.240 e. The minimum atomic E-state index is -3.52. The first-order valence-corrected chi connectivity index (χ1v) is 12.2. The monoisotopic (exact) mass is 406 g/mol. The van der Waals surface area contributed by atoms with Crippen LogP contribution in [0, 0.1) is 5.92 Å². The summed E-state index contributed by atoms with van der Waals surface area (Å²) >= 11 is 0. The largest absolute Gasteiger partial charge is 0.343 e. The fourth-order valence-corrected chi connectivity index (χ4v) is 5.67. The van der Waals surface area contributed by atoms with Crippen LogP contribution in [0.25, 0.3) is 0 Å². The van der Waals surface area contributed by atoms with Crippen molar-refractivity contribution in [1.29, 1.82) is 0 Å². The van der Waals surface area contributed by atoms with Crippen LogP contribution >= 0.6 is 0 Å². The first-order valence-electron chi connectivity index (χ1n) is 10.7. The third-order valence-electron chi connectivity index (χ3n) is 6.02. The molecule has 6 heteroatoms. The molecule has 156 valence electrons. The Labute approximate surface area is 169 Å². The van der Waals surface area contributed by atoms with Crippen LogP contribution in [0.15, 0.2) is 29.2 Å². The van der Waals surface area contributed by atoms with Crippen molar-refractivity contribution < 1.29 is 13.2 Å². The predicted octanol–water partition coefficient (Wildman–Crippen LogP) is 4.05. The van der Waals surface area contributed by atoms with Crippen LogP contribution in [0.4, 0.5) is 0 Å². The van der Waals surface area contributed by atoms with Gasteiger partial charge in [0.05, 0.1) is 4.90 Å². The standard InChI is InChI=1S/C22H34N2O3S/c1-17(2)16-22(25)24-14-12-20(13-15-24)23-28(26,27)21-10-8-19(9-11-21)18-6-4-3-5-7-18/h8-11,17-18,20,23H,3-7,12-16H2,1-2H3. The predicted molar refractivity (Wildman–Crippen MR) is 112 cm³/mol. The molecule has 0 aromatic heterocycles. The van der Waals surface area contributed by atoms with Crippen LogP contribution in [-0.4, -0.2) is 38.4 Å². The van der Waals surface area contributed by atoms with E-state index in [1.807, 2.05) is 30.9 Å². The van der Waals surface area contributed by atoms with Gasteiger partial charge in [0.15, 0.2) is 0 Å². The summed E-state index contributed by atoms with van der Waals surface area (Å²) in [5.74, 6) is 1.10. The van der Waals surface area contributed by atoms with Crippen molar-refractivity contribution in [2.24, 2.45) is 5.92 Å². The topological polar surface area (TPSA) is 66.5 Å². The number of amides is 1. The van der Waals surface area contributed by atoms with E-state index in [0.29, 0.717) is 49.1 Å². The van der Waals surface area contributed by atoms with Crippen molar-refractivity contribution in [3.8, 4) is 0 Å². The van der Waals surface area contributed by atoms with Gasteiger partial charge in [0.1, 0.15) is 0 Å². The Kier molecular flexibility index (Phi) is 7.15. The molecule has 28 heavy (non-hydrogen) atoms. The third-order valence-corrected chi connectivity index (χ3v) is 7.56. The summed E-state index contributed by atoms with van der Waals surface area (Å²) in [5, 5.41) is 0. The number of piperidine rings is 1. The lowest BCUT2D eigenvalue weighted by Crippen LogP contribution is -2.46.